The summed E-state index contributed by atoms with van der Waals surface area (Å²) in [4.78, 5) is 11.1. The number of carbonyl (C=O) groups is 1. The molecule has 0 aliphatic rings. The van der Waals surface area contributed by atoms with E-state index in [4.69, 9.17) is 10.4 Å². The zero-order chi connectivity index (χ0) is 10.6. The summed E-state index contributed by atoms with van der Waals surface area (Å²) in [6.45, 7) is 0. The molecule has 0 aliphatic heterocycles. The van der Waals surface area contributed by atoms with E-state index < -0.39 is 5.97 Å². The first-order valence-corrected chi connectivity index (χ1v) is 3.75. The third-order valence-corrected chi connectivity index (χ3v) is 1.68. The molecule has 0 bridgehead atoms. The molecule has 0 atom stereocenters. The van der Waals surface area contributed by atoms with Gasteiger partial charge in [0.15, 0.2) is 0 Å². The Hall–Kier alpha value is -1.79. The zero-order valence-electron chi connectivity index (χ0n) is 7.44. The first kappa shape index (κ1) is 10.3. The fourth-order valence-electron chi connectivity index (χ4n) is 0.979. The molecular weight excluding hydrogens is 188 g/mol. The van der Waals surface area contributed by atoms with Gasteiger partial charge in [-0.25, -0.2) is 4.79 Å². The van der Waals surface area contributed by atoms with E-state index in [1.54, 1.807) is 0 Å². The first-order valence-electron chi connectivity index (χ1n) is 3.75. The van der Waals surface area contributed by atoms with E-state index in [1.165, 1.54) is 25.3 Å². The minimum atomic E-state index is -0.522. The summed E-state index contributed by atoms with van der Waals surface area (Å²) in [5.41, 5.74) is 4.38. The van der Waals surface area contributed by atoms with Gasteiger partial charge in [0.05, 0.1) is 24.0 Å². The fourth-order valence-corrected chi connectivity index (χ4v) is 0.979. The van der Waals surface area contributed by atoms with Crippen LogP contribution in [0.2, 0.25) is 0 Å². The van der Waals surface area contributed by atoms with E-state index in [0.717, 1.165) is 0 Å². The van der Waals surface area contributed by atoms with E-state index in [-0.39, 0.29) is 16.9 Å². The number of hydrogen-bond acceptors (Lipinski definition) is 6. The van der Waals surface area contributed by atoms with E-state index >= 15 is 0 Å². The van der Waals surface area contributed by atoms with Crippen molar-refractivity contribution in [2.24, 2.45) is 0 Å². The van der Waals surface area contributed by atoms with Crippen LogP contribution in [0.3, 0.4) is 0 Å². The van der Waals surface area contributed by atoms with Gasteiger partial charge in [0.25, 0.3) is 0 Å². The molecule has 0 aromatic heterocycles. The molecular formula is C8H10N2O4. The van der Waals surface area contributed by atoms with Gasteiger partial charge in [-0.2, -0.15) is 0 Å². The van der Waals surface area contributed by atoms with Gasteiger partial charge in [-0.15, -0.1) is 0 Å². The summed E-state index contributed by atoms with van der Waals surface area (Å²) in [5.74, 6) is -0.522. The lowest BCUT2D eigenvalue weighted by Gasteiger charge is -2.07. The second kappa shape index (κ2) is 4.45. The number of benzene rings is 1. The molecule has 0 saturated heterocycles. The van der Waals surface area contributed by atoms with Gasteiger partial charge in [0, 0.05) is 0 Å². The maximum absolute atomic E-state index is 11.1. The van der Waals surface area contributed by atoms with Crippen LogP contribution in [-0.2, 0) is 4.74 Å². The Kier molecular flexibility index (Phi) is 3.27. The number of ether oxygens (including phenoxy) is 1. The molecule has 0 spiro atoms. The lowest BCUT2D eigenvalue weighted by molar-refractivity contribution is 0.0601. The maximum atomic E-state index is 11.1. The van der Waals surface area contributed by atoms with Crippen LogP contribution < -0.4 is 11.0 Å². The molecule has 1 rings (SSSR count). The average Bonchev–Trinajstić information content (AvgIpc) is 2.26. The van der Waals surface area contributed by atoms with Crippen molar-refractivity contribution in [3.63, 3.8) is 0 Å². The normalized spacial score (nSPS) is 9.36. The molecule has 0 unspecified atom stereocenters. The maximum Gasteiger partial charge on any atom is 0.337 e. The number of carbonyl (C=O) groups excluding carboxylic acids is 1. The number of esters is 1. The fraction of sp³-hybridized carbons (Fsp3) is 0.125. The number of nitrogens with one attached hydrogen (secondary N) is 2. The molecule has 0 aliphatic carbocycles. The lowest BCUT2D eigenvalue weighted by atomic mass is 10.2. The van der Waals surface area contributed by atoms with E-state index in [0.29, 0.717) is 0 Å². The van der Waals surface area contributed by atoms with Crippen molar-refractivity contribution >= 4 is 17.3 Å². The van der Waals surface area contributed by atoms with Crippen molar-refractivity contribution in [1.82, 2.24) is 0 Å². The van der Waals surface area contributed by atoms with Gasteiger partial charge in [-0.05, 0) is 18.2 Å². The second-order valence-corrected chi connectivity index (χ2v) is 2.48. The minimum Gasteiger partial charge on any atom is -0.465 e. The van der Waals surface area contributed by atoms with Crippen LogP contribution >= 0.6 is 0 Å². The van der Waals surface area contributed by atoms with Gasteiger partial charge in [-0.1, -0.05) is 0 Å². The molecule has 0 amide bonds. The Labute approximate surface area is 80.0 Å². The zero-order valence-corrected chi connectivity index (χ0v) is 7.44. The molecule has 0 fully saturated rings. The first-order chi connectivity index (χ1) is 6.72. The minimum absolute atomic E-state index is 0.176. The Balaban J connectivity index is 3.07. The Bertz CT molecular complexity index is 340. The van der Waals surface area contributed by atoms with Crippen LogP contribution in [0.15, 0.2) is 18.2 Å². The molecule has 0 heterocycles. The molecule has 0 radical (unpaired) electrons. The highest BCUT2D eigenvalue weighted by atomic mass is 16.5. The SMILES string of the molecule is COC(=O)c1ccc(NO)c(NO)c1. The van der Waals surface area contributed by atoms with E-state index in [1.807, 2.05) is 11.0 Å². The molecule has 1 aromatic carbocycles. The van der Waals surface area contributed by atoms with Crippen molar-refractivity contribution in [3.8, 4) is 0 Å². The van der Waals surface area contributed by atoms with Crippen LogP contribution in [-0.4, -0.2) is 23.5 Å². The third kappa shape index (κ3) is 1.93. The summed E-state index contributed by atoms with van der Waals surface area (Å²) in [7, 11) is 1.26. The summed E-state index contributed by atoms with van der Waals surface area (Å²) < 4.78 is 4.48. The second-order valence-electron chi connectivity index (χ2n) is 2.48. The standard InChI is InChI=1S/C8H10N2O4/c1-14-8(11)5-2-3-6(9-12)7(4-5)10-13/h2-4,9-10,12-13H,1H3. The highest BCUT2D eigenvalue weighted by molar-refractivity contribution is 5.91. The monoisotopic (exact) mass is 198 g/mol. The molecule has 14 heavy (non-hydrogen) atoms. The van der Waals surface area contributed by atoms with Gasteiger partial charge < -0.3 is 4.74 Å². The smallest absolute Gasteiger partial charge is 0.337 e. The number of anilines is 2. The van der Waals surface area contributed by atoms with Crippen LogP contribution in [0.1, 0.15) is 10.4 Å². The largest absolute Gasteiger partial charge is 0.465 e. The van der Waals surface area contributed by atoms with Gasteiger partial charge >= 0.3 is 5.97 Å². The third-order valence-electron chi connectivity index (χ3n) is 1.68. The summed E-state index contributed by atoms with van der Waals surface area (Å²) in [6.07, 6.45) is 0. The van der Waals surface area contributed by atoms with Crippen molar-refractivity contribution in [3.05, 3.63) is 23.8 Å². The van der Waals surface area contributed by atoms with Crippen molar-refractivity contribution in [2.75, 3.05) is 18.1 Å². The Morgan fingerprint density at radius 3 is 2.43 bits per heavy atom. The average molecular weight is 198 g/mol. The Morgan fingerprint density at radius 2 is 1.93 bits per heavy atom. The predicted octanol–water partition coefficient (Wildman–Crippen LogP) is 1.08. The van der Waals surface area contributed by atoms with Gasteiger partial charge in [-0.3, -0.25) is 21.4 Å². The molecule has 0 saturated carbocycles. The van der Waals surface area contributed by atoms with E-state index in [2.05, 4.69) is 4.74 Å². The van der Waals surface area contributed by atoms with Gasteiger partial charge in [0.1, 0.15) is 0 Å². The van der Waals surface area contributed by atoms with Crippen LogP contribution in [0, 0.1) is 0 Å². The molecule has 6 nitrogen and oxygen atoms in total. The molecule has 76 valence electrons. The number of hydrogen-bond donors (Lipinski definition) is 4. The topological polar surface area (TPSA) is 90.8 Å². The summed E-state index contributed by atoms with van der Waals surface area (Å²) in [5, 5.41) is 17.3. The van der Waals surface area contributed by atoms with Crippen LogP contribution in [0.4, 0.5) is 11.4 Å². The molecule has 6 heteroatoms. The lowest BCUT2D eigenvalue weighted by Crippen LogP contribution is -2.04. The summed E-state index contributed by atoms with van der Waals surface area (Å²) >= 11 is 0. The van der Waals surface area contributed by atoms with Crippen molar-refractivity contribution < 1.29 is 19.9 Å². The predicted molar refractivity (Wildman–Crippen MR) is 48.6 cm³/mol. The quantitative estimate of drug-likeness (QED) is 0.429. The van der Waals surface area contributed by atoms with Gasteiger partial charge in [0.2, 0.25) is 0 Å². The van der Waals surface area contributed by atoms with Crippen molar-refractivity contribution in [1.29, 1.82) is 0 Å². The van der Waals surface area contributed by atoms with Crippen LogP contribution in [0.25, 0.3) is 0 Å². The van der Waals surface area contributed by atoms with Crippen LogP contribution in [0.5, 0.6) is 0 Å². The molecule has 4 N–H and O–H groups in total. The highest BCUT2D eigenvalue weighted by Crippen LogP contribution is 2.22. The van der Waals surface area contributed by atoms with Crippen molar-refractivity contribution in [2.45, 2.75) is 0 Å². The summed E-state index contributed by atoms with van der Waals surface area (Å²) in [6, 6.07) is 4.21. The molecule has 1 aromatic rings. The number of methoxy groups -OCH3 is 1. The highest BCUT2D eigenvalue weighted by Gasteiger charge is 2.08. The number of rotatable bonds is 3. The Morgan fingerprint density at radius 1 is 1.29 bits per heavy atom. The van der Waals surface area contributed by atoms with E-state index in [9.17, 15) is 4.79 Å².